The largest absolute Gasteiger partial charge is 0.350 e. The van der Waals surface area contributed by atoms with Crippen molar-refractivity contribution in [3.63, 3.8) is 0 Å². The molecule has 1 fully saturated rings. The molecule has 9 nitrogen and oxygen atoms in total. The molecule has 0 bridgehead atoms. The van der Waals surface area contributed by atoms with Gasteiger partial charge in [-0.3, -0.25) is 14.2 Å². The lowest BCUT2D eigenvalue weighted by molar-refractivity contribution is -0.133. The van der Waals surface area contributed by atoms with E-state index in [1.54, 1.807) is 34.7 Å². The van der Waals surface area contributed by atoms with Crippen LogP contribution in [0.3, 0.4) is 0 Å². The molecule has 2 aromatic carbocycles. The van der Waals surface area contributed by atoms with Gasteiger partial charge in [0, 0.05) is 26.1 Å². The Labute approximate surface area is 189 Å². The van der Waals surface area contributed by atoms with E-state index in [9.17, 15) is 14.4 Å². The van der Waals surface area contributed by atoms with Crippen LogP contribution in [0.4, 0.5) is 0 Å². The van der Waals surface area contributed by atoms with Crippen LogP contribution in [-0.4, -0.2) is 47.8 Å². The van der Waals surface area contributed by atoms with Crippen molar-refractivity contribution in [2.45, 2.75) is 25.3 Å². The number of piperidine rings is 1. The number of hydrogen-bond acceptors (Lipinski definition) is 5. The Morgan fingerprint density at radius 2 is 1.70 bits per heavy atom. The molecule has 1 amide bonds. The maximum Gasteiger partial charge on any atom is 0.350 e. The Morgan fingerprint density at radius 3 is 2.45 bits per heavy atom. The summed E-state index contributed by atoms with van der Waals surface area (Å²) in [6.07, 6.45) is 2.82. The smallest absolute Gasteiger partial charge is 0.341 e. The van der Waals surface area contributed by atoms with E-state index in [-0.39, 0.29) is 29.6 Å². The van der Waals surface area contributed by atoms with Gasteiger partial charge in [-0.25, -0.2) is 19.0 Å². The monoisotopic (exact) mass is 444 g/mol. The van der Waals surface area contributed by atoms with Crippen LogP contribution in [0, 0.1) is 0 Å². The molecule has 0 spiro atoms. The third-order valence-electron chi connectivity index (χ3n) is 6.21. The minimum atomic E-state index is -0.218. The minimum absolute atomic E-state index is 0.0420. The molecule has 1 saturated heterocycles. The summed E-state index contributed by atoms with van der Waals surface area (Å²) in [4.78, 5) is 44.4. The lowest BCUT2D eigenvalue weighted by atomic mass is 9.95. The van der Waals surface area contributed by atoms with Gasteiger partial charge in [0.2, 0.25) is 5.91 Å². The molecule has 0 saturated carbocycles. The summed E-state index contributed by atoms with van der Waals surface area (Å²) in [5.41, 5.74) is 1.00. The van der Waals surface area contributed by atoms with E-state index < -0.39 is 0 Å². The van der Waals surface area contributed by atoms with Crippen LogP contribution in [0.15, 0.2) is 70.5 Å². The molecule has 3 heterocycles. The molecular weight excluding hydrogens is 420 g/mol. The van der Waals surface area contributed by atoms with Gasteiger partial charge in [0.25, 0.3) is 5.56 Å². The van der Waals surface area contributed by atoms with Crippen LogP contribution in [0.5, 0.6) is 0 Å². The second kappa shape index (κ2) is 8.50. The summed E-state index contributed by atoms with van der Waals surface area (Å²) in [5, 5.41) is 5.00. The van der Waals surface area contributed by atoms with Gasteiger partial charge in [-0.05, 0) is 37.1 Å². The van der Waals surface area contributed by atoms with Gasteiger partial charge in [0.05, 0.1) is 22.9 Å². The maximum atomic E-state index is 12.9. The summed E-state index contributed by atoms with van der Waals surface area (Å²) in [7, 11) is 1.65. The van der Waals surface area contributed by atoms with E-state index in [1.807, 2.05) is 36.4 Å². The summed E-state index contributed by atoms with van der Waals surface area (Å²) in [6, 6.07) is 16.6. The van der Waals surface area contributed by atoms with Crippen molar-refractivity contribution in [2.24, 2.45) is 7.05 Å². The quantitative estimate of drug-likeness (QED) is 0.477. The fraction of sp³-hybridized carbons (Fsp3) is 0.292. The molecular formula is C24H24N6O3. The highest BCUT2D eigenvalue weighted by molar-refractivity contribution is 5.79. The first-order valence-corrected chi connectivity index (χ1v) is 11.0. The van der Waals surface area contributed by atoms with Crippen molar-refractivity contribution >= 4 is 16.8 Å². The fourth-order valence-electron chi connectivity index (χ4n) is 4.42. The lowest BCUT2D eigenvalue weighted by Crippen LogP contribution is -2.41. The minimum Gasteiger partial charge on any atom is -0.341 e. The number of amides is 1. The van der Waals surface area contributed by atoms with Gasteiger partial charge >= 0.3 is 5.69 Å². The number of nitrogens with zero attached hydrogens (tertiary/aromatic N) is 6. The van der Waals surface area contributed by atoms with E-state index in [2.05, 4.69) is 10.1 Å². The molecule has 0 N–H and O–H groups in total. The SMILES string of the molecule is Cn1nc(C2CCN(C(=O)Cn3cnc4ccccc4c3=O)CC2)n(-c2ccccc2)c1=O. The van der Waals surface area contributed by atoms with Crippen LogP contribution in [0.2, 0.25) is 0 Å². The second-order valence-corrected chi connectivity index (χ2v) is 8.29. The molecule has 0 radical (unpaired) electrons. The van der Waals surface area contributed by atoms with Gasteiger partial charge in [0.1, 0.15) is 12.4 Å². The number of aryl methyl sites for hydroxylation is 1. The molecule has 1 aliphatic rings. The predicted octanol–water partition coefficient (Wildman–Crippen LogP) is 1.69. The van der Waals surface area contributed by atoms with E-state index in [0.717, 1.165) is 11.5 Å². The third-order valence-corrected chi connectivity index (χ3v) is 6.21. The zero-order chi connectivity index (χ0) is 22.9. The molecule has 5 rings (SSSR count). The average molecular weight is 444 g/mol. The fourth-order valence-corrected chi connectivity index (χ4v) is 4.42. The van der Waals surface area contributed by atoms with Crippen molar-refractivity contribution in [1.82, 2.24) is 28.8 Å². The lowest BCUT2D eigenvalue weighted by Gasteiger charge is -2.31. The highest BCUT2D eigenvalue weighted by Gasteiger charge is 2.29. The van der Waals surface area contributed by atoms with Crippen molar-refractivity contribution in [1.29, 1.82) is 0 Å². The molecule has 4 aromatic rings. The van der Waals surface area contributed by atoms with Gasteiger partial charge in [-0.15, -0.1) is 0 Å². The summed E-state index contributed by atoms with van der Waals surface area (Å²) in [5.74, 6) is 0.665. The van der Waals surface area contributed by atoms with Crippen LogP contribution in [0.25, 0.3) is 16.6 Å². The number of likely N-dealkylation sites (tertiary alicyclic amines) is 1. The van der Waals surface area contributed by atoms with Crippen molar-refractivity contribution in [2.75, 3.05) is 13.1 Å². The molecule has 2 aromatic heterocycles. The topological polar surface area (TPSA) is 95.0 Å². The maximum absolute atomic E-state index is 12.9. The Kier molecular flexibility index (Phi) is 5.37. The Morgan fingerprint density at radius 1 is 1.00 bits per heavy atom. The highest BCUT2D eigenvalue weighted by atomic mass is 16.2. The first kappa shape index (κ1) is 20.9. The highest BCUT2D eigenvalue weighted by Crippen LogP contribution is 2.27. The number of benzene rings is 2. The van der Waals surface area contributed by atoms with E-state index >= 15 is 0 Å². The van der Waals surface area contributed by atoms with E-state index in [4.69, 9.17) is 0 Å². The van der Waals surface area contributed by atoms with Gasteiger partial charge in [-0.1, -0.05) is 30.3 Å². The number of carbonyl (C=O) groups excluding carboxylic acids is 1. The molecule has 0 atom stereocenters. The molecule has 1 aliphatic heterocycles. The molecule has 0 unspecified atom stereocenters. The summed E-state index contributed by atoms with van der Waals surface area (Å²) >= 11 is 0. The zero-order valence-electron chi connectivity index (χ0n) is 18.3. The first-order valence-electron chi connectivity index (χ1n) is 11.0. The Hall–Kier alpha value is -4.01. The summed E-state index contributed by atoms with van der Waals surface area (Å²) < 4.78 is 4.38. The van der Waals surface area contributed by atoms with Crippen LogP contribution in [0.1, 0.15) is 24.6 Å². The molecule has 33 heavy (non-hydrogen) atoms. The number of para-hydroxylation sites is 2. The standard InChI is InChI=1S/C24H24N6O3/c1-27-24(33)30(18-7-3-2-4-8-18)22(26-27)17-11-13-28(14-12-17)21(31)15-29-16-25-20-10-6-5-9-19(20)23(29)32/h2-10,16-17H,11-15H2,1H3. The van der Waals surface area contributed by atoms with Crippen LogP contribution in [-0.2, 0) is 18.4 Å². The number of aromatic nitrogens is 5. The molecule has 9 heteroatoms. The van der Waals surface area contributed by atoms with Crippen molar-refractivity contribution in [3.8, 4) is 5.69 Å². The normalized spacial score (nSPS) is 14.6. The molecule has 168 valence electrons. The van der Waals surface area contributed by atoms with E-state index in [0.29, 0.717) is 36.8 Å². The van der Waals surface area contributed by atoms with E-state index in [1.165, 1.54) is 15.6 Å². The Bertz CT molecular complexity index is 1430. The zero-order valence-corrected chi connectivity index (χ0v) is 18.3. The van der Waals surface area contributed by atoms with Crippen LogP contribution < -0.4 is 11.2 Å². The second-order valence-electron chi connectivity index (χ2n) is 8.29. The summed E-state index contributed by atoms with van der Waals surface area (Å²) in [6.45, 7) is 1.04. The van der Waals surface area contributed by atoms with Gasteiger partial charge in [0.15, 0.2) is 0 Å². The number of hydrogen-bond donors (Lipinski definition) is 0. The average Bonchev–Trinajstić information content (AvgIpc) is 3.15. The Balaban J connectivity index is 1.31. The van der Waals surface area contributed by atoms with Gasteiger partial charge in [-0.2, -0.15) is 5.10 Å². The van der Waals surface area contributed by atoms with Gasteiger partial charge < -0.3 is 4.90 Å². The predicted molar refractivity (Wildman–Crippen MR) is 123 cm³/mol. The van der Waals surface area contributed by atoms with Crippen molar-refractivity contribution < 1.29 is 4.79 Å². The number of rotatable bonds is 4. The molecule has 0 aliphatic carbocycles. The van der Waals surface area contributed by atoms with Crippen molar-refractivity contribution in [3.05, 3.63) is 87.6 Å². The number of fused-ring (bicyclic) bond motifs is 1. The first-order chi connectivity index (χ1) is 16.0. The van der Waals surface area contributed by atoms with Crippen LogP contribution >= 0.6 is 0 Å². The number of carbonyl (C=O) groups is 1. The third kappa shape index (κ3) is 3.86.